The Labute approximate surface area is 285 Å². The van der Waals surface area contributed by atoms with Crippen molar-refractivity contribution in [1.82, 2.24) is 10.6 Å². The Morgan fingerprint density at radius 1 is 0.854 bits per heavy atom. The van der Waals surface area contributed by atoms with Gasteiger partial charge in [-0.3, -0.25) is 14.4 Å². The second-order valence-electron chi connectivity index (χ2n) is 13.2. The number of carbonyl (C=O) groups excluding carboxylic acids is 3. The standard InChI is InChI=1S/C39H44N4O5.3H2/c1-24-21-35(44)48-34-23-26(18-19-27(24)34)41-37(45)32(17-9-10-20-40)42-38(46)33(22-25-11-3-2-4-12-25)43-39(47)36-30-15-7-5-13-28(30)29-14-6-8-16-31(29)36;;;/h5-8,13-16,18-19,21,23,25,32-33,36H,2-4,9-12,17,20,22,40H2,1H3,(H,41,45)(H,42,46)(H,43,47);3*1H. The minimum atomic E-state index is -0.858. The molecule has 48 heavy (non-hydrogen) atoms. The van der Waals surface area contributed by atoms with Crippen LogP contribution in [0, 0.1) is 12.8 Å². The van der Waals surface area contributed by atoms with Crippen molar-refractivity contribution in [2.45, 2.75) is 82.7 Å². The maximum atomic E-state index is 14.1. The van der Waals surface area contributed by atoms with E-state index in [1.54, 1.807) is 18.2 Å². The number of rotatable bonds is 12. The average Bonchev–Trinajstić information content (AvgIpc) is 3.42. The maximum absolute atomic E-state index is 14.1. The van der Waals surface area contributed by atoms with Crippen LogP contribution in [0.15, 0.2) is 82.0 Å². The van der Waals surface area contributed by atoms with Gasteiger partial charge in [0, 0.05) is 27.5 Å². The van der Waals surface area contributed by atoms with Crippen LogP contribution in [0.3, 0.4) is 0 Å². The third-order valence-corrected chi connectivity index (χ3v) is 9.82. The number of amides is 3. The van der Waals surface area contributed by atoms with Gasteiger partial charge in [-0.05, 0) is 85.0 Å². The summed E-state index contributed by atoms with van der Waals surface area (Å²) in [5, 5.41) is 9.80. The van der Waals surface area contributed by atoms with Crippen LogP contribution in [0.5, 0.6) is 0 Å². The highest BCUT2D eigenvalue weighted by Crippen LogP contribution is 2.44. The lowest BCUT2D eigenvalue weighted by Gasteiger charge is -2.29. The number of unbranched alkanes of at least 4 members (excludes halogenated alkanes) is 1. The summed E-state index contributed by atoms with van der Waals surface area (Å²) in [5.74, 6) is -1.21. The number of aryl methyl sites for hydroxylation is 1. The molecule has 2 unspecified atom stereocenters. The number of hydrogen-bond acceptors (Lipinski definition) is 6. The first-order chi connectivity index (χ1) is 23.3. The van der Waals surface area contributed by atoms with E-state index in [4.69, 9.17) is 10.2 Å². The fraction of sp³-hybridized carbons (Fsp3) is 0.385. The molecule has 1 saturated carbocycles. The van der Waals surface area contributed by atoms with Crippen molar-refractivity contribution in [2.24, 2.45) is 11.7 Å². The molecule has 1 aromatic heterocycles. The molecule has 9 heteroatoms. The largest absolute Gasteiger partial charge is 0.423 e. The third-order valence-electron chi connectivity index (χ3n) is 9.82. The Morgan fingerprint density at radius 3 is 2.23 bits per heavy atom. The zero-order valence-electron chi connectivity index (χ0n) is 27.4. The lowest BCUT2D eigenvalue weighted by Crippen LogP contribution is -2.53. The quantitative estimate of drug-likeness (QED) is 0.0994. The summed E-state index contributed by atoms with van der Waals surface area (Å²) in [6.45, 7) is 2.29. The number of carbonyl (C=O) groups is 3. The topological polar surface area (TPSA) is 144 Å². The fourth-order valence-electron chi connectivity index (χ4n) is 7.35. The van der Waals surface area contributed by atoms with Gasteiger partial charge in [0.05, 0.1) is 5.92 Å². The van der Waals surface area contributed by atoms with Crippen LogP contribution >= 0.6 is 0 Å². The molecule has 9 nitrogen and oxygen atoms in total. The van der Waals surface area contributed by atoms with Crippen molar-refractivity contribution in [1.29, 1.82) is 0 Å². The molecule has 4 aromatic rings. The molecular formula is C39H50N4O5. The summed E-state index contributed by atoms with van der Waals surface area (Å²) in [5.41, 5.74) is 10.8. The van der Waals surface area contributed by atoms with Crippen molar-refractivity contribution in [3.05, 3.63) is 99.9 Å². The molecule has 2 atom stereocenters. The second kappa shape index (κ2) is 15.0. The summed E-state index contributed by atoms with van der Waals surface area (Å²) in [6, 6.07) is 20.8. The van der Waals surface area contributed by atoms with Crippen molar-refractivity contribution in [3.8, 4) is 11.1 Å². The van der Waals surface area contributed by atoms with Crippen molar-refractivity contribution in [2.75, 3.05) is 11.9 Å². The first-order valence-electron chi connectivity index (χ1n) is 17.2. The van der Waals surface area contributed by atoms with Gasteiger partial charge in [0.15, 0.2) is 0 Å². The lowest BCUT2D eigenvalue weighted by atomic mass is 9.84. The normalized spacial score (nSPS) is 15.7. The zero-order chi connectivity index (χ0) is 33.6. The van der Waals surface area contributed by atoms with Crippen LogP contribution in [0.25, 0.3) is 22.1 Å². The number of fused-ring (bicyclic) bond motifs is 4. The van der Waals surface area contributed by atoms with Crippen LogP contribution < -0.4 is 27.3 Å². The second-order valence-corrected chi connectivity index (χ2v) is 13.2. The third kappa shape index (κ3) is 7.36. The Bertz CT molecular complexity index is 1830. The summed E-state index contributed by atoms with van der Waals surface area (Å²) in [4.78, 5) is 53.9. The van der Waals surface area contributed by atoms with Gasteiger partial charge in [0.1, 0.15) is 17.7 Å². The Hall–Kier alpha value is -4.76. The average molecular weight is 655 g/mol. The maximum Gasteiger partial charge on any atom is 0.336 e. The van der Waals surface area contributed by atoms with E-state index in [2.05, 4.69) is 16.0 Å². The summed E-state index contributed by atoms with van der Waals surface area (Å²) < 4.78 is 5.37. The summed E-state index contributed by atoms with van der Waals surface area (Å²) in [6.07, 6.45) is 7.62. The van der Waals surface area contributed by atoms with Gasteiger partial charge in [-0.15, -0.1) is 0 Å². The number of benzene rings is 3. The van der Waals surface area contributed by atoms with Crippen LogP contribution in [0.1, 0.15) is 84.7 Å². The highest BCUT2D eigenvalue weighted by Gasteiger charge is 2.36. The van der Waals surface area contributed by atoms with Gasteiger partial charge in [-0.1, -0.05) is 80.6 Å². The molecule has 0 radical (unpaired) electrons. The van der Waals surface area contributed by atoms with E-state index in [9.17, 15) is 19.2 Å². The molecule has 1 fully saturated rings. The van der Waals surface area contributed by atoms with Gasteiger partial charge < -0.3 is 26.1 Å². The van der Waals surface area contributed by atoms with E-state index >= 15 is 0 Å². The van der Waals surface area contributed by atoms with E-state index in [-0.39, 0.29) is 16.1 Å². The summed E-state index contributed by atoms with van der Waals surface area (Å²) in [7, 11) is 0. The van der Waals surface area contributed by atoms with E-state index in [1.165, 1.54) is 12.5 Å². The Balaban J connectivity index is 0.00000234. The van der Waals surface area contributed by atoms with Crippen LogP contribution in [-0.2, 0) is 14.4 Å². The molecule has 3 amide bonds. The first-order valence-corrected chi connectivity index (χ1v) is 17.2. The van der Waals surface area contributed by atoms with E-state index in [1.807, 2.05) is 55.5 Å². The molecule has 0 bridgehead atoms. The Morgan fingerprint density at radius 2 is 1.54 bits per heavy atom. The van der Waals surface area contributed by atoms with E-state index in [0.717, 1.165) is 58.9 Å². The number of hydrogen-bond donors (Lipinski definition) is 4. The SMILES string of the molecule is Cc1cc(=O)oc2cc(NC(=O)C(CCCCN)NC(=O)C(CC3CCCCC3)NC(=O)C3c4ccccc4-c4ccccc43)ccc12.[HH].[HH].[HH]. The molecule has 5 N–H and O–H groups in total. The monoisotopic (exact) mass is 654 g/mol. The van der Waals surface area contributed by atoms with Gasteiger partial charge in [0.2, 0.25) is 17.7 Å². The molecule has 3 aromatic carbocycles. The minimum absolute atomic E-state index is 0. The van der Waals surface area contributed by atoms with Crippen LogP contribution in [0.4, 0.5) is 5.69 Å². The molecule has 2 aliphatic rings. The van der Waals surface area contributed by atoms with Gasteiger partial charge >= 0.3 is 5.63 Å². The number of nitrogens with two attached hydrogens (primary N) is 1. The fourth-order valence-corrected chi connectivity index (χ4v) is 7.35. The van der Waals surface area contributed by atoms with Crippen LogP contribution in [0.2, 0.25) is 0 Å². The summed E-state index contributed by atoms with van der Waals surface area (Å²) >= 11 is 0. The molecule has 256 valence electrons. The Kier molecular flexibility index (Phi) is 10.3. The molecule has 0 saturated heterocycles. The van der Waals surface area contributed by atoms with Gasteiger partial charge in [0.25, 0.3) is 0 Å². The molecular weight excluding hydrogens is 604 g/mol. The molecule has 0 spiro atoms. The van der Waals surface area contributed by atoms with E-state index < -0.39 is 29.5 Å². The number of nitrogens with one attached hydrogen (secondary N) is 3. The van der Waals surface area contributed by atoms with Crippen molar-refractivity contribution >= 4 is 34.4 Å². The predicted molar refractivity (Wildman–Crippen MR) is 194 cm³/mol. The van der Waals surface area contributed by atoms with Crippen molar-refractivity contribution in [3.63, 3.8) is 0 Å². The van der Waals surface area contributed by atoms with Crippen molar-refractivity contribution < 1.29 is 23.1 Å². The van der Waals surface area contributed by atoms with Crippen LogP contribution in [-0.4, -0.2) is 36.3 Å². The lowest BCUT2D eigenvalue weighted by molar-refractivity contribution is -0.131. The number of anilines is 1. The molecule has 6 rings (SSSR count). The first kappa shape index (κ1) is 33.2. The highest BCUT2D eigenvalue weighted by atomic mass is 16.4. The smallest absolute Gasteiger partial charge is 0.336 e. The van der Waals surface area contributed by atoms with E-state index in [0.29, 0.717) is 49.4 Å². The molecule has 2 aliphatic carbocycles. The molecule has 1 heterocycles. The van der Waals surface area contributed by atoms with Gasteiger partial charge in [-0.2, -0.15) is 0 Å². The van der Waals surface area contributed by atoms with Gasteiger partial charge in [-0.25, -0.2) is 4.79 Å². The predicted octanol–water partition coefficient (Wildman–Crippen LogP) is 6.66. The molecule has 0 aliphatic heterocycles. The minimum Gasteiger partial charge on any atom is -0.423 e. The highest BCUT2D eigenvalue weighted by molar-refractivity contribution is 6.01. The zero-order valence-corrected chi connectivity index (χ0v) is 27.4.